The second-order valence-corrected chi connectivity index (χ2v) is 11.4. The molecule has 1 N–H and O–H groups in total. The van der Waals surface area contributed by atoms with E-state index in [1.54, 1.807) is 11.8 Å². The van der Waals surface area contributed by atoms with Gasteiger partial charge in [0.1, 0.15) is 5.82 Å². The Balaban J connectivity index is 1.63. The molecule has 2 aromatic rings. The van der Waals surface area contributed by atoms with Crippen LogP contribution in [0.25, 0.3) is 0 Å². The van der Waals surface area contributed by atoms with Crippen LogP contribution in [0.5, 0.6) is 0 Å². The summed E-state index contributed by atoms with van der Waals surface area (Å²) in [5.74, 6) is 0.206. The summed E-state index contributed by atoms with van der Waals surface area (Å²) in [6.45, 7) is 4.65. The number of halogens is 1. The fourth-order valence-corrected chi connectivity index (χ4v) is 6.15. The molecule has 0 saturated carbocycles. The van der Waals surface area contributed by atoms with Crippen LogP contribution in [0.15, 0.2) is 33.5 Å². The van der Waals surface area contributed by atoms with Crippen molar-refractivity contribution in [3.05, 3.63) is 30.1 Å². The van der Waals surface area contributed by atoms with Gasteiger partial charge in [0.15, 0.2) is 4.34 Å². The first-order valence-corrected chi connectivity index (χ1v) is 12.5. The van der Waals surface area contributed by atoms with Crippen LogP contribution in [-0.4, -0.2) is 47.7 Å². The zero-order valence-corrected chi connectivity index (χ0v) is 18.6. The van der Waals surface area contributed by atoms with Gasteiger partial charge in [-0.3, -0.25) is 4.79 Å². The fraction of sp³-hybridized carbons (Fsp3) is 0.500. The molecule has 1 aromatic heterocycles. The lowest BCUT2D eigenvalue weighted by atomic mass is 9.99. The number of aromatic nitrogens is 2. The van der Waals surface area contributed by atoms with Crippen molar-refractivity contribution in [1.82, 2.24) is 14.5 Å². The van der Waals surface area contributed by atoms with Crippen molar-refractivity contribution in [2.75, 3.05) is 24.2 Å². The molecule has 1 aliphatic rings. The van der Waals surface area contributed by atoms with Crippen LogP contribution in [0.2, 0.25) is 0 Å². The third-order valence-corrected chi connectivity index (χ3v) is 8.66. The maximum absolute atomic E-state index is 13.1. The van der Waals surface area contributed by atoms with Crippen LogP contribution in [0, 0.1) is 17.7 Å². The molecule has 0 unspecified atom stereocenters. The van der Waals surface area contributed by atoms with Gasteiger partial charge in [-0.05, 0) is 43.0 Å². The number of anilines is 1. The zero-order valence-electron chi connectivity index (χ0n) is 16.2. The van der Waals surface area contributed by atoms with Gasteiger partial charge in [-0.1, -0.05) is 36.9 Å². The molecule has 0 aliphatic carbocycles. The molecule has 29 heavy (non-hydrogen) atoms. The summed E-state index contributed by atoms with van der Waals surface area (Å²) in [6, 6.07) is 4.72. The molecule has 3 rings (SSSR count). The van der Waals surface area contributed by atoms with Crippen molar-refractivity contribution in [3.8, 4) is 0 Å². The summed E-state index contributed by atoms with van der Waals surface area (Å²) in [5, 5.41) is 11.2. The average molecular weight is 459 g/mol. The van der Waals surface area contributed by atoms with E-state index in [0.717, 1.165) is 22.2 Å². The first-order chi connectivity index (χ1) is 13.8. The first-order valence-electron chi connectivity index (χ1n) is 9.28. The molecule has 158 valence electrons. The normalized spacial score (nSPS) is 18.1. The number of hydrogen-bond acceptors (Lipinski definition) is 7. The number of sulfonamides is 1. The molecular formula is C18H23FN4O3S3. The second kappa shape index (κ2) is 9.50. The number of nitrogens with one attached hydrogen (secondary N) is 1. The molecular weight excluding hydrogens is 435 g/mol. The minimum absolute atomic E-state index is 0.0240. The van der Waals surface area contributed by atoms with E-state index in [4.69, 9.17) is 0 Å². The lowest BCUT2D eigenvalue weighted by Crippen LogP contribution is -2.43. The van der Waals surface area contributed by atoms with Gasteiger partial charge in [-0.25, -0.2) is 12.8 Å². The second-order valence-electron chi connectivity index (χ2n) is 7.22. The Morgan fingerprint density at radius 2 is 2.07 bits per heavy atom. The van der Waals surface area contributed by atoms with Gasteiger partial charge in [0.05, 0.1) is 10.8 Å². The Bertz CT molecular complexity index is 948. The highest BCUT2D eigenvalue weighted by molar-refractivity contribution is 8.01. The molecule has 1 aliphatic heterocycles. The number of piperidine rings is 1. The minimum atomic E-state index is -3.77. The standard InChI is InChI=1S/C18H23FN4O3S3/c1-12(2)11-27-18-22-21-17(28-18)20-16(24)13-4-3-9-23(10-13)29(25,26)15-7-5-14(19)6-8-15/h5-8,12-13H,3-4,9-11H2,1-2H3,(H,20,21,24)/t13-/m1/s1. The first kappa shape index (κ1) is 22.1. The molecule has 1 amide bonds. The lowest BCUT2D eigenvalue weighted by molar-refractivity contribution is -0.120. The lowest BCUT2D eigenvalue weighted by Gasteiger charge is -2.31. The van der Waals surface area contributed by atoms with E-state index >= 15 is 0 Å². The quantitative estimate of drug-likeness (QED) is 0.505. The molecule has 1 atom stereocenters. The highest BCUT2D eigenvalue weighted by Crippen LogP contribution is 2.29. The third-order valence-electron chi connectivity index (χ3n) is 4.38. The summed E-state index contributed by atoms with van der Waals surface area (Å²) >= 11 is 2.91. The Morgan fingerprint density at radius 1 is 1.34 bits per heavy atom. The molecule has 1 fully saturated rings. The Kier molecular flexibility index (Phi) is 7.25. The highest BCUT2D eigenvalue weighted by atomic mass is 32.2. The zero-order chi connectivity index (χ0) is 21.0. The van der Waals surface area contributed by atoms with Gasteiger partial charge in [0, 0.05) is 18.8 Å². The molecule has 2 heterocycles. The summed E-state index contributed by atoms with van der Waals surface area (Å²) < 4.78 is 40.8. The SMILES string of the molecule is CC(C)CSc1nnc(NC(=O)[C@@H]2CCCN(S(=O)(=O)c3ccc(F)cc3)C2)s1. The van der Waals surface area contributed by atoms with Gasteiger partial charge in [-0.2, -0.15) is 4.31 Å². The fourth-order valence-electron chi connectivity index (χ4n) is 2.89. The van der Waals surface area contributed by atoms with Gasteiger partial charge >= 0.3 is 0 Å². The number of amides is 1. The van der Waals surface area contributed by atoms with Gasteiger partial charge < -0.3 is 5.32 Å². The predicted octanol–water partition coefficient (Wildman–Crippen LogP) is 3.46. The van der Waals surface area contributed by atoms with Crippen molar-refractivity contribution in [3.63, 3.8) is 0 Å². The van der Waals surface area contributed by atoms with Crippen molar-refractivity contribution in [2.45, 2.75) is 35.9 Å². The average Bonchev–Trinajstić information content (AvgIpc) is 3.14. The van der Waals surface area contributed by atoms with E-state index in [1.807, 2.05) is 0 Å². The van der Waals surface area contributed by atoms with E-state index in [2.05, 4.69) is 29.4 Å². The summed E-state index contributed by atoms with van der Waals surface area (Å²) in [6.07, 6.45) is 1.17. The molecule has 0 radical (unpaired) electrons. The monoisotopic (exact) mass is 458 g/mol. The maximum atomic E-state index is 13.1. The molecule has 0 spiro atoms. The number of thioether (sulfide) groups is 1. The maximum Gasteiger partial charge on any atom is 0.243 e. The summed E-state index contributed by atoms with van der Waals surface area (Å²) in [4.78, 5) is 12.7. The van der Waals surface area contributed by atoms with Crippen molar-refractivity contribution >= 4 is 44.2 Å². The van der Waals surface area contributed by atoms with E-state index in [1.165, 1.54) is 27.8 Å². The van der Waals surface area contributed by atoms with Gasteiger partial charge in [0.25, 0.3) is 0 Å². The van der Waals surface area contributed by atoms with E-state index in [0.29, 0.717) is 30.4 Å². The Labute approximate surface area is 178 Å². The van der Waals surface area contributed by atoms with Crippen LogP contribution in [-0.2, 0) is 14.8 Å². The number of rotatable bonds is 7. The van der Waals surface area contributed by atoms with Crippen LogP contribution in [0.1, 0.15) is 26.7 Å². The van der Waals surface area contributed by atoms with E-state index in [9.17, 15) is 17.6 Å². The number of nitrogens with zero attached hydrogens (tertiary/aromatic N) is 3. The Hall–Kier alpha value is -1.56. The van der Waals surface area contributed by atoms with Gasteiger partial charge in [-0.15, -0.1) is 10.2 Å². The minimum Gasteiger partial charge on any atom is -0.300 e. The van der Waals surface area contributed by atoms with Crippen LogP contribution >= 0.6 is 23.1 Å². The molecule has 1 aromatic carbocycles. The van der Waals surface area contributed by atoms with E-state index in [-0.39, 0.29) is 17.3 Å². The predicted molar refractivity (Wildman–Crippen MR) is 112 cm³/mol. The van der Waals surface area contributed by atoms with Crippen LogP contribution in [0.3, 0.4) is 0 Å². The molecule has 0 bridgehead atoms. The van der Waals surface area contributed by atoms with Crippen molar-refractivity contribution in [2.24, 2.45) is 11.8 Å². The van der Waals surface area contributed by atoms with Crippen LogP contribution < -0.4 is 5.32 Å². The molecule has 1 saturated heterocycles. The van der Waals surface area contributed by atoms with Crippen LogP contribution in [0.4, 0.5) is 9.52 Å². The number of carbonyl (C=O) groups excluding carboxylic acids is 1. The van der Waals surface area contributed by atoms with Crippen molar-refractivity contribution < 1.29 is 17.6 Å². The van der Waals surface area contributed by atoms with Gasteiger partial charge in [0.2, 0.25) is 21.1 Å². The Morgan fingerprint density at radius 3 is 2.76 bits per heavy atom. The highest BCUT2D eigenvalue weighted by Gasteiger charge is 2.33. The summed E-state index contributed by atoms with van der Waals surface area (Å²) in [5.41, 5.74) is 0. The smallest absolute Gasteiger partial charge is 0.243 e. The number of hydrogen-bond donors (Lipinski definition) is 1. The third kappa shape index (κ3) is 5.74. The topological polar surface area (TPSA) is 92.3 Å². The molecule has 7 nitrogen and oxygen atoms in total. The summed E-state index contributed by atoms with van der Waals surface area (Å²) in [7, 11) is -3.77. The van der Waals surface area contributed by atoms with Crippen molar-refractivity contribution in [1.29, 1.82) is 0 Å². The van der Waals surface area contributed by atoms with E-state index < -0.39 is 21.8 Å². The molecule has 11 heteroatoms. The number of benzene rings is 1. The number of carbonyl (C=O) groups is 1. The largest absolute Gasteiger partial charge is 0.300 e.